The Kier molecular flexibility index (Phi) is 8.50. The largest absolute Gasteiger partial charge is 0.228 e. The highest BCUT2D eigenvalue weighted by atomic mass is 14.9. The van der Waals surface area contributed by atoms with Crippen LogP contribution in [0.25, 0.3) is 100.0 Å². The van der Waals surface area contributed by atoms with Gasteiger partial charge in [0.05, 0.1) is 11.4 Å². The Labute approximate surface area is 386 Å². The van der Waals surface area contributed by atoms with Crippen LogP contribution >= 0.6 is 0 Å². The van der Waals surface area contributed by atoms with Gasteiger partial charge in [0.2, 0.25) is 0 Å². The van der Waals surface area contributed by atoms with Crippen LogP contribution in [0.3, 0.4) is 0 Å². The Morgan fingerprint density at radius 3 is 1.61 bits per heavy atom. The predicted octanol–water partition coefficient (Wildman–Crippen LogP) is 16.5. The molecule has 0 aliphatic heterocycles. The van der Waals surface area contributed by atoms with Crippen LogP contribution < -0.4 is 0 Å². The van der Waals surface area contributed by atoms with Gasteiger partial charge in [-0.25, -0.2) is 9.97 Å². The molecular weight excluding hydrogens is 797 g/mol. The summed E-state index contributed by atoms with van der Waals surface area (Å²) in [5, 5.41) is 5.29. The summed E-state index contributed by atoms with van der Waals surface area (Å²) in [6, 6.07) is 76.1. The highest BCUT2D eigenvalue weighted by molar-refractivity contribution is 6.09. The Hall–Kier alpha value is -7.42. The minimum atomic E-state index is 0.104. The predicted molar refractivity (Wildman–Crippen MR) is 273 cm³/mol. The summed E-state index contributed by atoms with van der Waals surface area (Å²) >= 11 is 0. The number of nitrogens with zero attached hydrogens (tertiary/aromatic N) is 2. The first-order chi connectivity index (χ1) is 32.7. The van der Waals surface area contributed by atoms with E-state index >= 15 is 0 Å². The van der Waals surface area contributed by atoms with E-state index in [0.29, 0.717) is 5.82 Å². The summed E-state index contributed by atoms with van der Waals surface area (Å²) in [5.74, 6) is 3.97. The summed E-state index contributed by atoms with van der Waals surface area (Å²) in [7, 11) is 0. The maximum atomic E-state index is 5.21. The number of fused-ring (bicyclic) bond motifs is 5. The normalized spacial score (nSPS) is 21.1. The third-order valence-electron chi connectivity index (χ3n) is 16.3. The van der Waals surface area contributed by atoms with E-state index in [0.717, 1.165) is 57.3 Å². The number of hydrogen-bond acceptors (Lipinski definition) is 2. The molecule has 0 radical (unpaired) electrons. The van der Waals surface area contributed by atoms with Crippen molar-refractivity contribution in [2.45, 2.75) is 37.5 Å². The van der Waals surface area contributed by atoms with Crippen LogP contribution in [-0.4, -0.2) is 9.97 Å². The van der Waals surface area contributed by atoms with Gasteiger partial charge in [0.15, 0.2) is 5.82 Å². The highest BCUT2D eigenvalue weighted by Gasteiger charge is 2.61. The molecule has 0 atom stereocenters. The van der Waals surface area contributed by atoms with Crippen LogP contribution in [0.4, 0.5) is 0 Å². The average Bonchev–Trinajstić information content (AvgIpc) is 3.66. The molecule has 4 bridgehead atoms. The minimum absolute atomic E-state index is 0.104. The van der Waals surface area contributed by atoms with Crippen LogP contribution in [-0.2, 0) is 5.41 Å². The van der Waals surface area contributed by atoms with Gasteiger partial charge in [-0.3, -0.25) is 0 Å². The van der Waals surface area contributed by atoms with E-state index in [1.54, 1.807) is 11.1 Å². The summed E-state index contributed by atoms with van der Waals surface area (Å²) in [6.07, 6.45) is 6.99. The van der Waals surface area contributed by atoms with Crippen LogP contribution in [0, 0.1) is 23.7 Å². The van der Waals surface area contributed by atoms with Gasteiger partial charge in [-0.1, -0.05) is 188 Å². The molecule has 314 valence electrons. The van der Waals surface area contributed by atoms with E-state index in [-0.39, 0.29) is 5.41 Å². The van der Waals surface area contributed by atoms with Gasteiger partial charge >= 0.3 is 0 Å². The van der Waals surface area contributed by atoms with Crippen LogP contribution in [0.2, 0.25) is 0 Å². The molecule has 2 heteroatoms. The van der Waals surface area contributed by atoms with Crippen molar-refractivity contribution < 1.29 is 0 Å². The van der Waals surface area contributed by atoms with Crippen molar-refractivity contribution >= 4 is 21.5 Å². The maximum absolute atomic E-state index is 5.21. The topological polar surface area (TPSA) is 25.8 Å². The number of aromatic nitrogens is 2. The third kappa shape index (κ3) is 5.73. The van der Waals surface area contributed by atoms with Crippen molar-refractivity contribution in [1.82, 2.24) is 9.97 Å². The molecule has 5 aliphatic rings. The molecule has 0 saturated heterocycles. The maximum Gasteiger partial charge on any atom is 0.160 e. The number of benzene rings is 9. The molecule has 10 aromatic rings. The summed E-state index contributed by atoms with van der Waals surface area (Å²) < 4.78 is 0. The monoisotopic (exact) mass is 844 g/mol. The van der Waals surface area contributed by atoms with E-state index in [1.165, 1.54) is 92.6 Å². The summed E-state index contributed by atoms with van der Waals surface area (Å²) in [6.45, 7) is 0. The lowest BCUT2D eigenvalue weighted by Crippen LogP contribution is -2.55. The molecule has 5 aliphatic carbocycles. The van der Waals surface area contributed by atoms with E-state index in [9.17, 15) is 0 Å². The Morgan fingerprint density at radius 1 is 0.333 bits per heavy atom. The molecule has 0 N–H and O–H groups in total. The van der Waals surface area contributed by atoms with Gasteiger partial charge in [0.1, 0.15) is 0 Å². The molecule has 66 heavy (non-hydrogen) atoms. The van der Waals surface area contributed by atoms with Crippen molar-refractivity contribution in [3.05, 3.63) is 217 Å². The first kappa shape index (κ1) is 37.9. The van der Waals surface area contributed by atoms with Crippen LogP contribution in [0.5, 0.6) is 0 Å². The van der Waals surface area contributed by atoms with Gasteiger partial charge in [-0.15, -0.1) is 0 Å². The first-order valence-corrected chi connectivity index (χ1v) is 24.1. The molecule has 1 spiro atoms. The lowest BCUT2D eigenvalue weighted by molar-refractivity contribution is -0.0398. The van der Waals surface area contributed by atoms with Crippen LogP contribution in [0.1, 0.15) is 43.2 Å². The Morgan fingerprint density at radius 2 is 0.879 bits per heavy atom. The van der Waals surface area contributed by atoms with Crippen LogP contribution in [0.15, 0.2) is 206 Å². The van der Waals surface area contributed by atoms with Crippen molar-refractivity contribution in [2.24, 2.45) is 23.7 Å². The molecule has 2 nitrogen and oxygen atoms in total. The van der Waals surface area contributed by atoms with E-state index in [2.05, 4.69) is 200 Å². The SMILES string of the molecule is c1ccc(-c2nc(-c3ccc(-c4ccc(-c5cccc6c5-c5cc7ccccc7cc5C65C6CC7CC(C6)CC5C7)c5ccccc45)cc3)cc(-c3ccccc3-c3ccccc3)n2)cc1. The molecule has 15 rings (SSSR count). The second-order valence-electron chi connectivity index (χ2n) is 19.7. The molecular formula is C64H48N2. The van der Waals surface area contributed by atoms with Gasteiger partial charge in [0, 0.05) is 22.1 Å². The molecule has 1 aromatic heterocycles. The van der Waals surface area contributed by atoms with Crippen molar-refractivity contribution in [2.75, 3.05) is 0 Å². The lowest BCUT2D eigenvalue weighted by atomic mass is 9.43. The number of rotatable bonds is 6. The smallest absolute Gasteiger partial charge is 0.160 e. The van der Waals surface area contributed by atoms with Crippen molar-refractivity contribution in [3.63, 3.8) is 0 Å². The third-order valence-corrected chi connectivity index (χ3v) is 16.3. The van der Waals surface area contributed by atoms with E-state index < -0.39 is 0 Å². The van der Waals surface area contributed by atoms with E-state index in [1.807, 2.05) is 6.07 Å². The van der Waals surface area contributed by atoms with Gasteiger partial charge in [-0.2, -0.15) is 0 Å². The van der Waals surface area contributed by atoms with E-state index in [4.69, 9.17) is 9.97 Å². The Balaban J connectivity index is 0.885. The molecule has 1 heterocycles. The van der Waals surface area contributed by atoms with Gasteiger partial charge in [0.25, 0.3) is 0 Å². The second kappa shape index (κ2) is 14.8. The fourth-order valence-electron chi connectivity index (χ4n) is 13.8. The average molecular weight is 845 g/mol. The lowest BCUT2D eigenvalue weighted by Gasteiger charge is -2.61. The zero-order chi connectivity index (χ0) is 43.3. The fourth-order valence-corrected chi connectivity index (χ4v) is 13.8. The van der Waals surface area contributed by atoms with Gasteiger partial charge in [-0.05, 0) is 151 Å². The quantitative estimate of drug-likeness (QED) is 0.167. The zero-order valence-electron chi connectivity index (χ0n) is 36.9. The minimum Gasteiger partial charge on any atom is -0.228 e. The standard InChI is InChI=1S/C64H48N2/c1-3-14-42(15-4-1)50-20-9-12-23-55(50)61-39-60(65-63(66-61)45-16-5-2-6-17-45)44-28-26-43(27-29-44)51-30-31-54(53-22-11-10-21-52(51)53)56-24-13-25-58-62(56)57-37-46-18-7-8-19-47(46)38-59(57)64(58)48-33-40-32-41(35-48)36-49(64)34-40/h1-31,37-41,48-49H,32-36H2. The Bertz CT molecular complexity index is 3500. The second-order valence-corrected chi connectivity index (χ2v) is 19.7. The zero-order valence-corrected chi connectivity index (χ0v) is 36.9. The summed E-state index contributed by atoms with van der Waals surface area (Å²) in [5.41, 5.74) is 18.7. The molecule has 4 fully saturated rings. The first-order valence-electron chi connectivity index (χ1n) is 24.1. The molecule has 4 saturated carbocycles. The number of hydrogen-bond donors (Lipinski definition) is 0. The molecule has 9 aromatic carbocycles. The van der Waals surface area contributed by atoms with Gasteiger partial charge < -0.3 is 0 Å². The fraction of sp³-hybridized carbons (Fsp3) is 0.156. The summed E-state index contributed by atoms with van der Waals surface area (Å²) in [4.78, 5) is 10.4. The molecule has 0 unspecified atom stereocenters. The van der Waals surface area contributed by atoms with Crippen molar-refractivity contribution in [1.29, 1.82) is 0 Å². The highest BCUT2D eigenvalue weighted by Crippen LogP contribution is 2.70. The molecule has 0 amide bonds. The van der Waals surface area contributed by atoms with Crippen molar-refractivity contribution in [3.8, 4) is 78.4 Å².